The maximum absolute atomic E-state index is 10.4. The topological polar surface area (TPSA) is 46.5 Å². The van der Waals surface area contributed by atoms with E-state index in [1.54, 1.807) is 7.11 Å². The van der Waals surface area contributed by atoms with Gasteiger partial charge in [0.1, 0.15) is 5.75 Å². The highest BCUT2D eigenvalue weighted by Crippen LogP contribution is 2.23. The van der Waals surface area contributed by atoms with Gasteiger partial charge in [-0.3, -0.25) is 4.79 Å². The van der Waals surface area contributed by atoms with Gasteiger partial charge in [-0.2, -0.15) is 0 Å². The highest BCUT2D eigenvalue weighted by Gasteiger charge is 2.01. The van der Waals surface area contributed by atoms with Crippen LogP contribution in [0, 0.1) is 6.92 Å². The number of benzene rings is 1. The Balaban J connectivity index is 2.78. The lowest BCUT2D eigenvalue weighted by molar-refractivity contribution is -0.136. The zero-order valence-corrected chi connectivity index (χ0v) is 10.5. The second-order valence-corrected chi connectivity index (χ2v) is 4.00. The number of carboxylic acids is 1. The summed E-state index contributed by atoms with van der Waals surface area (Å²) in [6, 6.07) is 5.96. The van der Waals surface area contributed by atoms with Crippen molar-refractivity contribution in [3.8, 4) is 5.75 Å². The first-order valence-electron chi connectivity index (χ1n) is 5.58. The molecular formula is C14H18O3. The minimum atomic E-state index is -0.764. The van der Waals surface area contributed by atoms with Gasteiger partial charge in [-0.15, -0.1) is 0 Å². The number of aryl methyl sites for hydroxylation is 1. The maximum atomic E-state index is 10.4. The Morgan fingerprint density at radius 3 is 2.71 bits per heavy atom. The van der Waals surface area contributed by atoms with Crippen LogP contribution in [0.4, 0.5) is 0 Å². The van der Waals surface area contributed by atoms with Crippen LogP contribution in [-0.2, 0) is 4.79 Å². The molecule has 3 heteroatoms. The number of aliphatic carboxylic acids is 1. The van der Waals surface area contributed by atoms with Crippen LogP contribution in [0.5, 0.6) is 5.75 Å². The van der Waals surface area contributed by atoms with Crippen molar-refractivity contribution in [2.75, 3.05) is 7.11 Å². The van der Waals surface area contributed by atoms with Crippen LogP contribution in [0.2, 0.25) is 0 Å². The molecule has 0 saturated heterocycles. The molecule has 0 aromatic heterocycles. The molecule has 0 spiro atoms. The van der Waals surface area contributed by atoms with E-state index in [4.69, 9.17) is 9.84 Å². The van der Waals surface area contributed by atoms with E-state index >= 15 is 0 Å². The van der Waals surface area contributed by atoms with E-state index in [1.165, 1.54) is 0 Å². The van der Waals surface area contributed by atoms with E-state index in [1.807, 2.05) is 38.1 Å². The Labute approximate surface area is 102 Å². The van der Waals surface area contributed by atoms with Crippen molar-refractivity contribution in [1.82, 2.24) is 0 Å². The Kier molecular flexibility index (Phi) is 4.76. The molecule has 0 heterocycles. The normalized spacial score (nSPS) is 11.4. The largest absolute Gasteiger partial charge is 0.496 e. The van der Waals surface area contributed by atoms with E-state index in [0.717, 1.165) is 22.4 Å². The van der Waals surface area contributed by atoms with Gasteiger partial charge in [0.15, 0.2) is 0 Å². The van der Waals surface area contributed by atoms with Crippen molar-refractivity contribution in [3.05, 3.63) is 35.4 Å². The lowest BCUT2D eigenvalue weighted by Crippen LogP contribution is -1.92. The van der Waals surface area contributed by atoms with E-state index in [0.29, 0.717) is 6.42 Å². The summed E-state index contributed by atoms with van der Waals surface area (Å²) in [6.07, 6.45) is 2.69. The van der Waals surface area contributed by atoms with E-state index in [9.17, 15) is 4.79 Å². The van der Waals surface area contributed by atoms with Gasteiger partial charge >= 0.3 is 5.97 Å². The van der Waals surface area contributed by atoms with Crippen LogP contribution in [0.25, 0.3) is 5.57 Å². The molecule has 0 bridgehead atoms. The molecule has 0 aliphatic heterocycles. The summed E-state index contributed by atoms with van der Waals surface area (Å²) >= 11 is 0. The highest BCUT2D eigenvalue weighted by molar-refractivity contribution is 5.69. The van der Waals surface area contributed by atoms with Crippen molar-refractivity contribution < 1.29 is 14.6 Å². The zero-order chi connectivity index (χ0) is 12.8. The lowest BCUT2D eigenvalue weighted by Gasteiger charge is -2.07. The minimum absolute atomic E-state index is 0.173. The maximum Gasteiger partial charge on any atom is 0.303 e. The third kappa shape index (κ3) is 3.94. The summed E-state index contributed by atoms with van der Waals surface area (Å²) in [6.45, 7) is 3.98. The molecule has 0 unspecified atom stereocenters. The van der Waals surface area contributed by atoms with Gasteiger partial charge in [0, 0.05) is 6.42 Å². The van der Waals surface area contributed by atoms with Crippen LogP contribution < -0.4 is 4.74 Å². The molecule has 0 amide bonds. The van der Waals surface area contributed by atoms with Crippen molar-refractivity contribution in [1.29, 1.82) is 0 Å². The van der Waals surface area contributed by atoms with Gasteiger partial charge in [0.25, 0.3) is 0 Å². The monoisotopic (exact) mass is 234 g/mol. The number of hydrogen-bond donors (Lipinski definition) is 1. The molecule has 0 radical (unpaired) electrons. The average Bonchev–Trinajstić information content (AvgIpc) is 2.28. The quantitative estimate of drug-likeness (QED) is 0.850. The number of rotatable bonds is 5. The van der Waals surface area contributed by atoms with Crippen LogP contribution in [0.1, 0.15) is 30.9 Å². The van der Waals surface area contributed by atoms with Crippen LogP contribution in [-0.4, -0.2) is 18.2 Å². The number of ether oxygens (including phenoxy) is 1. The molecule has 1 aromatic rings. The van der Waals surface area contributed by atoms with E-state index < -0.39 is 5.97 Å². The summed E-state index contributed by atoms with van der Waals surface area (Å²) in [4.78, 5) is 10.4. The first-order chi connectivity index (χ1) is 8.04. The molecular weight excluding hydrogens is 216 g/mol. The average molecular weight is 234 g/mol. The summed E-state index contributed by atoms with van der Waals surface area (Å²) in [5.41, 5.74) is 3.28. The third-order valence-electron chi connectivity index (χ3n) is 2.66. The van der Waals surface area contributed by atoms with Crippen molar-refractivity contribution in [2.24, 2.45) is 0 Å². The molecule has 0 atom stereocenters. The van der Waals surface area contributed by atoms with Gasteiger partial charge in [-0.05, 0) is 49.1 Å². The number of carboxylic acid groups (broad SMARTS) is 1. The van der Waals surface area contributed by atoms with Gasteiger partial charge in [-0.25, -0.2) is 0 Å². The Morgan fingerprint density at radius 2 is 2.18 bits per heavy atom. The van der Waals surface area contributed by atoms with Crippen LogP contribution in [0.15, 0.2) is 24.3 Å². The number of carbonyl (C=O) groups is 1. The van der Waals surface area contributed by atoms with Gasteiger partial charge < -0.3 is 9.84 Å². The number of methoxy groups -OCH3 is 1. The van der Waals surface area contributed by atoms with E-state index in [-0.39, 0.29) is 6.42 Å². The molecule has 0 saturated carbocycles. The lowest BCUT2D eigenvalue weighted by atomic mass is 10.0. The fourth-order valence-corrected chi connectivity index (χ4v) is 1.65. The third-order valence-corrected chi connectivity index (χ3v) is 2.66. The Hall–Kier alpha value is -1.77. The molecule has 3 nitrogen and oxygen atoms in total. The van der Waals surface area contributed by atoms with Gasteiger partial charge in [-0.1, -0.05) is 12.1 Å². The molecule has 0 aliphatic carbocycles. The Morgan fingerprint density at radius 1 is 1.47 bits per heavy atom. The first-order valence-corrected chi connectivity index (χ1v) is 5.58. The fraction of sp³-hybridized carbons (Fsp3) is 0.357. The van der Waals surface area contributed by atoms with Gasteiger partial charge in [0.2, 0.25) is 0 Å². The molecule has 1 aromatic carbocycles. The Bertz CT molecular complexity index is 433. The molecule has 1 N–H and O–H groups in total. The fourth-order valence-electron chi connectivity index (χ4n) is 1.65. The van der Waals surface area contributed by atoms with E-state index in [2.05, 4.69) is 0 Å². The summed E-state index contributed by atoms with van der Waals surface area (Å²) in [5.74, 6) is 0.104. The SMILES string of the molecule is COc1ccc(/C(C)=C/CCC(=O)O)cc1C. The van der Waals surface area contributed by atoms with Gasteiger partial charge in [0.05, 0.1) is 7.11 Å². The predicted molar refractivity (Wildman–Crippen MR) is 68.3 cm³/mol. The molecule has 1 rings (SSSR count). The van der Waals surface area contributed by atoms with Crippen LogP contribution >= 0.6 is 0 Å². The molecule has 0 aliphatic rings. The summed E-state index contributed by atoms with van der Waals surface area (Å²) in [7, 11) is 1.65. The van der Waals surface area contributed by atoms with Crippen molar-refractivity contribution in [3.63, 3.8) is 0 Å². The molecule has 92 valence electrons. The predicted octanol–water partition coefficient (Wildman–Crippen LogP) is 3.27. The van der Waals surface area contributed by atoms with Crippen molar-refractivity contribution >= 4 is 11.5 Å². The second kappa shape index (κ2) is 6.09. The molecule has 17 heavy (non-hydrogen) atoms. The second-order valence-electron chi connectivity index (χ2n) is 4.00. The first kappa shape index (κ1) is 13.3. The highest BCUT2D eigenvalue weighted by atomic mass is 16.5. The molecule has 0 fully saturated rings. The zero-order valence-electron chi connectivity index (χ0n) is 10.5. The minimum Gasteiger partial charge on any atom is -0.496 e. The summed E-state index contributed by atoms with van der Waals surface area (Å²) in [5, 5.41) is 8.56. The van der Waals surface area contributed by atoms with Crippen molar-refractivity contribution in [2.45, 2.75) is 26.7 Å². The summed E-state index contributed by atoms with van der Waals surface area (Å²) < 4.78 is 5.20. The standard InChI is InChI=1S/C14H18O3/c1-10(5-4-6-14(15)16)12-7-8-13(17-3)11(2)9-12/h5,7-9H,4,6H2,1-3H3,(H,15,16)/b10-5+. The van der Waals surface area contributed by atoms with Crippen LogP contribution in [0.3, 0.4) is 0 Å². The number of hydrogen-bond acceptors (Lipinski definition) is 2. The smallest absolute Gasteiger partial charge is 0.303 e. The number of allylic oxidation sites excluding steroid dienone is 2.